The van der Waals surface area contributed by atoms with Gasteiger partial charge in [-0.25, -0.2) is 0 Å². The minimum Gasteiger partial charge on any atom is -0.352 e. The highest BCUT2D eigenvalue weighted by molar-refractivity contribution is 6.31. The predicted octanol–water partition coefficient (Wildman–Crippen LogP) is 2.79. The van der Waals surface area contributed by atoms with E-state index in [-0.39, 0.29) is 5.91 Å². The molecule has 14 heavy (non-hydrogen) atoms. The van der Waals surface area contributed by atoms with Crippen molar-refractivity contribution in [2.75, 3.05) is 6.54 Å². The summed E-state index contributed by atoms with van der Waals surface area (Å²) in [6.07, 6.45) is 0.936. The van der Waals surface area contributed by atoms with Gasteiger partial charge in [0.25, 0.3) is 5.91 Å². The van der Waals surface area contributed by atoms with Crippen molar-refractivity contribution in [1.82, 2.24) is 5.32 Å². The molecule has 0 unspecified atom stereocenters. The number of rotatable bonds is 3. The highest BCUT2D eigenvalue weighted by Gasteiger charge is 2.07. The molecule has 0 radical (unpaired) electrons. The Morgan fingerprint density at radius 1 is 1.50 bits per heavy atom. The van der Waals surface area contributed by atoms with Gasteiger partial charge in [0.05, 0.1) is 0 Å². The molecule has 0 heterocycles. The van der Waals surface area contributed by atoms with Crippen LogP contribution in [0.5, 0.6) is 0 Å². The summed E-state index contributed by atoms with van der Waals surface area (Å²) in [7, 11) is 0. The van der Waals surface area contributed by atoms with E-state index in [2.05, 4.69) is 5.32 Å². The Bertz CT molecular complexity index is 336. The smallest absolute Gasteiger partial charge is 0.251 e. The van der Waals surface area contributed by atoms with Crippen LogP contribution in [0.3, 0.4) is 0 Å². The lowest BCUT2D eigenvalue weighted by Gasteiger charge is -2.06. The molecule has 0 fully saturated rings. The SMILES string of the molecule is CCCNC(=O)c1cc(Cl)ccc1C. The van der Waals surface area contributed by atoms with Crippen LogP contribution in [0, 0.1) is 6.92 Å². The zero-order valence-corrected chi connectivity index (χ0v) is 9.19. The van der Waals surface area contributed by atoms with Crippen LogP contribution in [0.4, 0.5) is 0 Å². The molecule has 0 aliphatic heterocycles. The van der Waals surface area contributed by atoms with Gasteiger partial charge in [-0.1, -0.05) is 24.6 Å². The first-order chi connectivity index (χ1) is 6.65. The van der Waals surface area contributed by atoms with E-state index in [9.17, 15) is 4.79 Å². The van der Waals surface area contributed by atoms with E-state index in [0.717, 1.165) is 12.0 Å². The molecule has 0 aliphatic carbocycles. The summed E-state index contributed by atoms with van der Waals surface area (Å²) in [6, 6.07) is 5.33. The fourth-order valence-corrected chi connectivity index (χ4v) is 1.34. The maximum Gasteiger partial charge on any atom is 0.251 e. The highest BCUT2D eigenvalue weighted by atomic mass is 35.5. The minimum atomic E-state index is -0.0492. The Balaban J connectivity index is 2.83. The van der Waals surface area contributed by atoms with Crippen molar-refractivity contribution >= 4 is 17.5 Å². The fourth-order valence-electron chi connectivity index (χ4n) is 1.17. The van der Waals surface area contributed by atoms with Crippen LogP contribution in [0.2, 0.25) is 5.02 Å². The first-order valence-corrected chi connectivity index (χ1v) is 5.07. The third-order valence-corrected chi connectivity index (χ3v) is 2.21. The molecular formula is C11H14ClNO. The summed E-state index contributed by atoms with van der Waals surface area (Å²) in [6.45, 7) is 4.62. The molecular weight excluding hydrogens is 198 g/mol. The minimum absolute atomic E-state index is 0.0492. The van der Waals surface area contributed by atoms with Gasteiger partial charge in [-0.05, 0) is 31.0 Å². The van der Waals surface area contributed by atoms with Crippen molar-refractivity contribution in [3.8, 4) is 0 Å². The zero-order chi connectivity index (χ0) is 10.6. The van der Waals surface area contributed by atoms with E-state index in [0.29, 0.717) is 17.1 Å². The van der Waals surface area contributed by atoms with Crippen LogP contribution in [-0.2, 0) is 0 Å². The molecule has 1 aromatic carbocycles. The molecule has 1 amide bonds. The van der Waals surface area contributed by atoms with Crippen LogP contribution >= 0.6 is 11.6 Å². The molecule has 1 rings (SSSR count). The van der Waals surface area contributed by atoms with Gasteiger partial charge in [0.15, 0.2) is 0 Å². The molecule has 0 spiro atoms. The number of benzene rings is 1. The van der Waals surface area contributed by atoms with E-state index in [1.54, 1.807) is 12.1 Å². The Morgan fingerprint density at radius 3 is 2.86 bits per heavy atom. The Labute approximate surface area is 89.3 Å². The molecule has 76 valence electrons. The lowest BCUT2D eigenvalue weighted by Crippen LogP contribution is -2.24. The standard InChI is InChI=1S/C11H14ClNO/c1-3-6-13-11(14)10-7-9(12)5-4-8(10)2/h4-5,7H,3,6H2,1-2H3,(H,13,14). The molecule has 0 atom stereocenters. The Kier molecular flexibility index (Phi) is 3.96. The first kappa shape index (κ1) is 11.1. The Morgan fingerprint density at radius 2 is 2.21 bits per heavy atom. The van der Waals surface area contributed by atoms with Crippen molar-refractivity contribution < 1.29 is 4.79 Å². The second-order valence-corrected chi connectivity index (χ2v) is 3.65. The zero-order valence-electron chi connectivity index (χ0n) is 8.43. The van der Waals surface area contributed by atoms with Crippen LogP contribution in [0.1, 0.15) is 29.3 Å². The number of carbonyl (C=O) groups is 1. The quantitative estimate of drug-likeness (QED) is 0.819. The van der Waals surface area contributed by atoms with E-state index < -0.39 is 0 Å². The van der Waals surface area contributed by atoms with E-state index in [1.165, 1.54) is 0 Å². The van der Waals surface area contributed by atoms with Crippen molar-refractivity contribution in [3.63, 3.8) is 0 Å². The third kappa shape index (κ3) is 2.74. The number of nitrogens with one attached hydrogen (secondary N) is 1. The average molecular weight is 212 g/mol. The van der Waals surface area contributed by atoms with Gasteiger partial charge in [-0.2, -0.15) is 0 Å². The van der Waals surface area contributed by atoms with Crippen LogP contribution in [-0.4, -0.2) is 12.5 Å². The molecule has 2 nitrogen and oxygen atoms in total. The number of hydrogen-bond donors (Lipinski definition) is 1. The van der Waals surface area contributed by atoms with Crippen LogP contribution in [0.25, 0.3) is 0 Å². The van der Waals surface area contributed by atoms with Gasteiger partial charge in [-0.3, -0.25) is 4.79 Å². The van der Waals surface area contributed by atoms with Gasteiger partial charge < -0.3 is 5.32 Å². The molecule has 3 heteroatoms. The maximum absolute atomic E-state index is 11.6. The molecule has 1 N–H and O–H groups in total. The summed E-state index contributed by atoms with van der Waals surface area (Å²) in [5.41, 5.74) is 1.61. The lowest BCUT2D eigenvalue weighted by molar-refractivity contribution is 0.0953. The van der Waals surface area contributed by atoms with Crippen molar-refractivity contribution in [1.29, 1.82) is 0 Å². The van der Waals surface area contributed by atoms with Crippen LogP contribution in [0.15, 0.2) is 18.2 Å². The Hall–Kier alpha value is -1.02. The second kappa shape index (κ2) is 5.01. The molecule has 0 saturated heterocycles. The van der Waals surface area contributed by atoms with E-state index in [1.807, 2.05) is 19.9 Å². The molecule has 1 aromatic rings. The summed E-state index contributed by atoms with van der Waals surface area (Å²) < 4.78 is 0. The van der Waals surface area contributed by atoms with Gasteiger partial charge in [0, 0.05) is 17.1 Å². The van der Waals surface area contributed by atoms with Crippen LogP contribution < -0.4 is 5.32 Å². The molecule has 0 aromatic heterocycles. The second-order valence-electron chi connectivity index (χ2n) is 3.22. The van der Waals surface area contributed by atoms with E-state index in [4.69, 9.17) is 11.6 Å². The highest BCUT2D eigenvalue weighted by Crippen LogP contribution is 2.15. The predicted molar refractivity (Wildman–Crippen MR) is 58.8 cm³/mol. The van der Waals surface area contributed by atoms with Gasteiger partial charge in [-0.15, -0.1) is 0 Å². The van der Waals surface area contributed by atoms with E-state index >= 15 is 0 Å². The molecule has 0 aliphatic rings. The van der Waals surface area contributed by atoms with Crippen molar-refractivity contribution in [2.24, 2.45) is 0 Å². The largest absolute Gasteiger partial charge is 0.352 e. The summed E-state index contributed by atoms with van der Waals surface area (Å²) >= 11 is 5.81. The monoisotopic (exact) mass is 211 g/mol. The summed E-state index contributed by atoms with van der Waals surface area (Å²) in [4.78, 5) is 11.6. The number of amides is 1. The molecule has 0 saturated carbocycles. The summed E-state index contributed by atoms with van der Waals surface area (Å²) in [5.74, 6) is -0.0492. The number of halogens is 1. The van der Waals surface area contributed by atoms with Gasteiger partial charge >= 0.3 is 0 Å². The average Bonchev–Trinajstić information content (AvgIpc) is 2.18. The topological polar surface area (TPSA) is 29.1 Å². The third-order valence-electron chi connectivity index (χ3n) is 1.98. The summed E-state index contributed by atoms with van der Waals surface area (Å²) in [5, 5.41) is 3.41. The van der Waals surface area contributed by atoms with Crippen molar-refractivity contribution in [2.45, 2.75) is 20.3 Å². The van der Waals surface area contributed by atoms with Crippen molar-refractivity contribution in [3.05, 3.63) is 34.3 Å². The number of carbonyl (C=O) groups excluding carboxylic acids is 1. The first-order valence-electron chi connectivity index (χ1n) is 4.69. The maximum atomic E-state index is 11.6. The van der Waals surface area contributed by atoms with Gasteiger partial charge in [0.2, 0.25) is 0 Å². The number of hydrogen-bond acceptors (Lipinski definition) is 1. The number of aryl methyl sites for hydroxylation is 1. The fraction of sp³-hybridized carbons (Fsp3) is 0.364. The van der Waals surface area contributed by atoms with Gasteiger partial charge in [0.1, 0.15) is 0 Å². The molecule has 0 bridgehead atoms. The normalized spacial score (nSPS) is 9.93. The lowest BCUT2D eigenvalue weighted by atomic mass is 10.1.